The van der Waals surface area contributed by atoms with Crippen molar-refractivity contribution in [3.05, 3.63) is 0 Å². The van der Waals surface area contributed by atoms with Crippen molar-refractivity contribution in [2.75, 3.05) is 39.8 Å². The number of nitrogens with two attached hydrogens (primary N) is 1. The van der Waals surface area contributed by atoms with Crippen molar-refractivity contribution in [1.29, 1.82) is 0 Å². The Kier molecular flexibility index (Phi) is 4.85. The fourth-order valence-corrected chi connectivity index (χ4v) is 1.85. The molecule has 2 atom stereocenters. The molecule has 0 bridgehead atoms. The van der Waals surface area contributed by atoms with Crippen LogP contribution in [0.3, 0.4) is 0 Å². The highest BCUT2D eigenvalue weighted by molar-refractivity contribution is 4.76. The molecule has 2 unspecified atom stereocenters. The molecule has 0 aromatic carbocycles. The van der Waals surface area contributed by atoms with E-state index in [9.17, 15) is 0 Å². The first-order valence-corrected chi connectivity index (χ1v) is 5.76. The van der Waals surface area contributed by atoms with Crippen molar-refractivity contribution in [1.82, 2.24) is 9.80 Å². The molecule has 2 N–H and O–H groups in total. The zero-order valence-corrected chi connectivity index (χ0v) is 9.87. The SMILES string of the molecule is CC(CN)CCN1CCN(C)C(C)C1. The quantitative estimate of drug-likeness (QED) is 0.720. The summed E-state index contributed by atoms with van der Waals surface area (Å²) < 4.78 is 0. The van der Waals surface area contributed by atoms with E-state index in [2.05, 4.69) is 30.7 Å². The van der Waals surface area contributed by atoms with Crippen LogP contribution >= 0.6 is 0 Å². The predicted octanol–water partition coefficient (Wildman–Crippen LogP) is 0.607. The van der Waals surface area contributed by atoms with E-state index in [0.29, 0.717) is 12.0 Å². The Morgan fingerprint density at radius 3 is 2.71 bits per heavy atom. The second-order valence-electron chi connectivity index (χ2n) is 4.76. The minimum absolute atomic E-state index is 0.671. The molecule has 0 aromatic heterocycles. The molecule has 0 aliphatic carbocycles. The summed E-state index contributed by atoms with van der Waals surface area (Å²) >= 11 is 0. The minimum atomic E-state index is 0.671. The van der Waals surface area contributed by atoms with Gasteiger partial charge in [0, 0.05) is 25.7 Å². The van der Waals surface area contributed by atoms with E-state index in [0.717, 1.165) is 6.54 Å². The molecule has 84 valence electrons. The van der Waals surface area contributed by atoms with Crippen LogP contribution in [-0.4, -0.2) is 55.6 Å². The zero-order chi connectivity index (χ0) is 10.6. The summed E-state index contributed by atoms with van der Waals surface area (Å²) in [5, 5.41) is 0. The monoisotopic (exact) mass is 199 g/mol. The largest absolute Gasteiger partial charge is 0.330 e. The van der Waals surface area contributed by atoms with Crippen molar-refractivity contribution in [2.45, 2.75) is 26.3 Å². The lowest BCUT2D eigenvalue weighted by Gasteiger charge is -2.38. The lowest BCUT2D eigenvalue weighted by Crippen LogP contribution is -2.50. The van der Waals surface area contributed by atoms with Gasteiger partial charge in [-0.3, -0.25) is 0 Å². The van der Waals surface area contributed by atoms with Crippen LogP contribution in [0.4, 0.5) is 0 Å². The van der Waals surface area contributed by atoms with E-state index in [1.54, 1.807) is 0 Å². The number of piperazine rings is 1. The summed E-state index contributed by atoms with van der Waals surface area (Å²) in [4.78, 5) is 5.00. The van der Waals surface area contributed by atoms with Crippen LogP contribution in [0.25, 0.3) is 0 Å². The van der Waals surface area contributed by atoms with E-state index in [1.807, 2.05) is 0 Å². The molecule has 1 aliphatic rings. The minimum Gasteiger partial charge on any atom is -0.330 e. The van der Waals surface area contributed by atoms with Gasteiger partial charge in [-0.2, -0.15) is 0 Å². The second-order valence-corrected chi connectivity index (χ2v) is 4.76. The predicted molar refractivity (Wildman–Crippen MR) is 61.4 cm³/mol. The highest BCUT2D eigenvalue weighted by Crippen LogP contribution is 2.09. The first kappa shape index (κ1) is 12.0. The molecule has 3 heteroatoms. The fourth-order valence-electron chi connectivity index (χ4n) is 1.85. The van der Waals surface area contributed by atoms with Crippen LogP contribution in [0.1, 0.15) is 20.3 Å². The molecule has 1 saturated heterocycles. The van der Waals surface area contributed by atoms with Crippen LogP contribution in [0, 0.1) is 5.92 Å². The van der Waals surface area contributed by atoms with Crippen molar-refractivity contribution in [2.24, 2.45) is 11.7 Å². The van der Waals surface area contributed by atoms with Crippen molar-refractivity contribution < 1.29 is 0 Å². The van der Waals surface area contributed by atoms with E-state index < -0.39 is 0 Å². The van der Waals surface area contributed by atoms with E-state index in [-0.39, 0.29) is 0 Å². The Morgan fingerprint density at radius 2 is 2.14 bits per heavy atom. The highest BCUT2D eigenvalue weighted by Gasteiger charge is 2.20. The van der Waals surface area contributed by atoms with Crippen LogP contribution in [0.2, 0.25) is 0 Å². The molecule has 0 amide bonds. The van der Waals surface area contributed by atoms with Gasteiger partial charge in [-0.25, -0.2) is 0 Å². The van der Waals surface area contributed by atoms with Gasteiger partial charge in [0.1, 0.15) is 0 Å². The van der Waals surface area contributed by atoms with Crippen LogP contribution in [-0.2, 0) is 0 Å². The standard InChI is InChI=1S/C11H25N3/c1-10(8-12)4-5-14-7-6-13(3)11(2)9-14/h10-11H,4-9,12H2,1-3H3. The number of hydrogen-bond acceptors (Lipinski definition) is 3. The first-order chi connectivity index (χ1) is 6.63. The molecule has 1 fully saturated rings. The molecule has 1 aliphatic heterocycles. The number of likely N-dealkylation sites (N-methyl/N-ethyl adjacent to an activating group) is 1. The second kappa shape index (κ2) is 5.69. The Morgan fingerprint density at radius 1 is 1.43 bits per heavy atom. The van der Waals surface area contributed by atoms with Crippen molar-refractivity contribution >= 4 is 0 Å². The van der Waals surface area contributed by atoms with Gasteiger partial charge in [0.25, 0.3) is 0 Å². The molecule has 0 spiro atoms. The molecule has 1 heterocycles. The van der Waals surface area contributed by atoms with Gasteiger partial charge in [-0.15, -0.1) is 0 Å². The number of rotatable bonds is 4. The van der Waals surface area contributed by atoms with Crippen molar-refractivity contribution in [3.63, 3.8) is 0 Å². The third kappa shape index (κ3) is 3.56. The maximum absolute atomic E-state index is 5.61. The summed E-state index contributed by atoms with van der Waals surface area (Å²) in [6, 6.07) is 0.705. The van der Waals surface area contributed by atoms with Crippen molar-refractivity contribution in [3.8, 4) is 0 Å². The number of hydrogen-bond donors (Lipinski definition) is 1. The van der Waals surface area contributed by atoms with Gasteiger partial charge < -0.3 is 15.5 Å². The number of nitrogens with zero attached hydrogens (tertiary/aromatic N) is 2. The average molecular weight is 199 g/mol. The normalized spacial score (nSPS) is 27.9. The van der Waals surface area contributed by atoms with Crippen LogP contribution in [0.15, 0.2) is 0 Å². The average Bonchev–Trinajstić information content (AvgIpc) is 2.19. The summed E-state index contributed by atoms with van der Waals surface area (Å²) in [5.74, 6) is 0.671. The summed E-state index contributed by atoms with van der Waals surface area (Å²) in [6.45, 7) is 10.2. The van der Waals surface area contributed by atoms with Gasteiger partial charge in [-0.05, 0) is 39.4 Å². The van der Waals surface area contributed by atoms with E-state index >= 15 is 0 Å². The Hall–Kier alpha value is -0.120. The van der Waals surface area contributed by atoms with Gasteiger partial charge in [-0.1, -0.05) is 6.92 Å². The van der Waals surface area contributed by atoms with Crippen LogP contribution < -0.4 is 5.73 Å². The zero-order valence-electron chi connectivity index (χ0n) is 9.87. The van der Waals surface area contributed by atoms with Gasteiger partial charge in [0.05, 0.1) is 0 Å². The lowest BCUT2D eigenvalue weighted by atomic mass is 10.1. The molecule has 14 heavy (non-hydrogen) atoms. The Labute approximate surface area is 88.2 Å². The Balaban J connectivity index is 2.20. The fraction of sp³-hybridized carbons (Fsp3) is 1.00. The third-order valence-electron chi connectivity index (χ3n) is 3.38. The third-order valence-corrected chi connectivity index (χ3v) is 3.38. The molecule has 1 rings (SSSR count). The maximum atomic E-state index is 5.61. The molecular formula is C11H25N3. The molecule has 0 saturated carbocycles. The molecule has 0 radical (unpaired) electrons. The molecule has 3 nitrogen and oxygen atoms in total. The maximum Gasteiger partial charge on any atom is 0.0192 e. The summed E-state index contributed by atoms with van der Waals surface area (Å²) in [6.07, 6.45) is 1.24. The smallest absolute Gasteiger partial charge is 0.0192 e. The molecular weight excluding hydrogens is 174 g/mol. The summed E-state index contributed by atoms with van der Waals surface area (Å²) in [5.41, 5.74) is 5.61. The first-order valence-electron chi connectivity index (χ1n) is 5.76. The topological polar surface area (TPSA) is 32.5 Å². The van der Waals surface area contributed by atoms with Gasteiger partial charge >= 0.3 is 0 Å². The lowest BCUT2D eigenvalue weighted by molar-refractivity contribution is 0.101. The molecule has 0 aromatic rings. The summed E-state index contributed by atoms with van der Waals surface area (Å²) in [7, 11) is 2.21. The Bertz CT molecular complexity index is 161. The van der Waals surface area contributed by atoms with Gasteiger partial charge in [0.2, 0.25) is 0 Å². The van der Waals surface area contributed by atoms with Gasteiger partial charge in [0.15, 0.2) is 0 Å². The highest BCUT2D eigenvalue weighted by atomic mass is 15.3. The van der Waals surface area contributed by atoms with E-state index in [1.165, 1.54) is 32.6 Å². The van der Waals surface area contributed by atoms with E-state index in [4.69, 9.17) is 5.73 Å². The van der Waals surface area contributed by atoms with Crippen LogP contribution in [0.5, 0.6) is 0 Å².